The number of aryl methyl sites for hydroxylation is 1. The second-order valence-electron chi connectivity index (χ2n) is 5.96. The van der Waals surface area contributed by atoms with Crippen LogP contribution in [0.5, 0.6) is 0 Å². The van der Waals surface area contributed by atoms with Crippen molar-refractivity contribution < 1.29 is 13.2 Å². The first-order valence-electron chi connectivity index (χ1n) is 8.08. The highest BCUT2D eigenvalue weighted by molar-refractivity contribution is 6.31. The molecule has 1 aromatic heterocycles. The summed E-state index contributed by atoms with van der Waals surface area (Å²) in [6, 6.07) is 11.8. The van der Waals surface area contributed by atoms with Gasteiger partial charge in [-0.15, -0.1) is 0 Å². The second kappa shape index (κ2) is 7.10. The lowest BCUT2D eigenvalue weighted by Gasteiger charge is -2.12. The average Bonchev–Trinajstić information content (AvgIpc) is 2.93. The van der Waals surface area contributed by atoms with Gasteiger partial charge in [0.2, 0.25) is 0 Å². The van der Waals surface area contributed by atoms with Crippen LogP contribution in [0, 0.1) is 0 Å². The van der Waals surface area contributed by atoms with Gasteiger partial charge in [-0.3, -0.25) is 0 Å². The highest BCUT2D eigenvalue weighted by Gasteiger charge is 2.33. The van der Waals surface area contributed by atoms with E-state index in [9.17, 15) is 13.2 Å². The molecule has 3 aromatic rings. The predicted octanol–water partition coefficient (Wildman–Crippen LogP) is 5.79. The molecule has 0 fully saturated rings. The Labute approximate surface area is 148 Å². The van der Waals surface area contributed by atoms with Crippen LogP contribution in [0.3, 0.4) is 0 Å². The maximum absolute atomic E-state index is 13.2. The third kappa shape index (κ3) is 3.67. The van der Waals surface area contributed by atoms with Crippen LogP contribution in [-0.4, -0.2) is 11.5 Å². The zero-order valence-electron chi connectivity index (χ0n) is 13.5. The fraction of sp³-hybridized carbons (Fsp3) is 0.263. The number of halogens is 4. The van der Waals surface area contributed by atoms with Crippen LogP contribution in [0.2, 0.25) is 5.02 Å². The Bertz CT molecular complexity index is 884. The van der Waals surface area contributed by atoms with Gasteiger partial charge in [0, 0.05) is 16.6 Å². The Hall–Kier alpha value is -1.98. The van der Waals surface area contributed by atoms with Crippen molar-refractivity contribution in [3.8, 4) is 11.3 Å². The Kier molecular flexibility index (Phi) is 5.06. The van der Waals surface area contributed by atoms with Crippen molar-refractivity contribution in [1.82, 2.24) is 4.98 Å². The summed E-state index contributed by atoms with van der Waals surface area (Å²) < 4.78 is 39.6. The second-order valence-corrected chi connectivity index (χ2v) is 6.37. The molecular weight excluding hydrogens is 349 g/mol. The van der Waals surface area contributed by atoms with Gasteiger partial charge in [0.1, 0.15) is 0 Å². The van der Waals surface area contributed by atoms with Gasteiger partial charge in [-0.1, -0.05) is 35.9 Å². The fourth-order valence-corrected chi connectivity index (χ4v) is 3.27. The van der Waals surface area contributed by atoms with E-state index in [4.69, 9.17) is 17.3 Å². The number of benzene rings is 2. The van der Waals surface area contributed by atoms with E-state index in [0.717, 1.165) is 41.8 Å². The molecule has 3 rings (SSSR count). The average molecular weight is 367 g/mol. The molecule has 0 amide bonds. The minimum Gasteiger partial charge on any atom is -0.354 e. The number of aromatic nitrogens is 1. The Morgan fingerprint density at radius 3 is 2.52 bits per heavy atom. The van der Waals surface area contributed by atoms with Crippen LogP contribution in [0.4, 0.5) is 13.2 Å². The molecule has 2 aromatic carbocycles. The molecule has 2 nitrogen and oxygen atoms in total. The van der Waals surface area contributed by atoms with E-state index >= 15 is 0 Å². The molecule has 0 aliphatic heterocycles. The molecule has 3 N–H and O–H groups in total. The summed E-state index contributed by atoms with van der Waals surface area (Å²) in [4.78, 5) is 3.26. The minimum absolute atomic E-state index is 0.294. The van der Waals surface area contributed by atoms with Gasteiger partial charge >= 0.3 is 6.18 Å². The van der Waals surface area contributed by atoms with Crippen LogP contribution in [0.15, 0.2) is 42.5 Å². The molecule has 0 radical (unpaired) electrons. The van der Waals surface area contributed by atoms with E-state index in [2.05, 4.69) is 4.98 Å². The first-order valence-corrected chi connectivity index (χ1v) is 8.46. The fourth-order valence-electron chi connectivity index (χ4n) is 3.05. The number of aromatic amines is 1. The summed E-state index contributed by atoms with van der Waals surface area (Å²) in [5.74, 6) is 0. The summed E-state index contributed by atoms with van der Waals surface area (Å²) >= 11 is 5.75. The van der Waals surface area contributed by atoms with Gasteiger partial charge in [-0.2, -0.15) is 13.2 Å². The number of rotatable bonds is 5. The summed E-state index contributed by atoms with van der Waals surface area (Å²) in [6.45, 7) is 0.594. The largest absolute Gasteiger partial charge is 0.417 e. The smallest absolute Gasteiger partial charge is 0.354 e. The van der Waals surface area contributed by atoms with Crippen LogP contribution < -0.4 is 5.73 Å². The molecule has 0 atom stereocenters. The first-order chi connectivity index (χ1) is 11.9. The van der Waals surface area contributed by atoms with Crippen LogP contribution in [0.25, 0.3) is 22.2 Å². The Balaban J connectivity index is 2.13. The maximum Gasteiger partial charge on any atom is 0.417 e. The number of alkyl halides is 3. The molecule has 0 aliphatic rings. The highest BCUT2D eigenvalue weighted by Crippen LogP contribution is 2.39. The number of fused-ring (bicyclic) bond motifs is 1. The number of nitrogens with one attached hydrogen (secondary N) is 1. The van der Waals surface area contributed by atoms with E-state index in [0.29, 0.717) is 17.8 Å². The lowest BCUT2D eigenvalue weighted by atomic mass is 9.99. The summed E-state index contributed by atoms with van der Waals surface area (Å²) in [5, 5.41) is 0.732. The number of hydrogen-bond acceptors (Lipinski definition) is 1. The molecule has 132 valence electrons. The molecule has 0 saturated carbocycles. The highest BCUT2D eigenvalue weighted by atomic mass is 35.5. The van der Waals surface area contributed by atoms with Crippen molar-refractivity contribution >= 4 is 22.5 Å². The SMILES string of the molecule is NCCCCc1c(-c2ccc(Cl)c(C(F)(F)F)c2)[nH]c2ccccc12. The van der Waals surface area contributed by atoms with Crippen LogP contribution >= 0.6 is 11.6 Å². The molecule has 0 saturated heterocycles. The van der Waals surface area contributed by atoms with Crippen molar-refractivity contribution in [3.63, 3.8) is 0 Å². The number of nitrogens with two attached hydrogens (primary N) is 1. The molecule has 6 heteroatoms. The van der Waals surface area contributed by atoms with Gasteiger partial charge < -0.3 is 10.7 Å². The quantitative estimate of drug-likeness (QED) is 0.551. The van der Waals surface area contributed by atoms with Crippen molar-refractivity contribution in [2.24, 2.45) is 5.73 Å². The summed E-state index contributed by atoms with van der Waals surface area (Å²) in [5.41, 5.74) is 7.86. The summed E-state index contributed by atoms with van der Waals surface area (Å²) in [7, 11) is 0. The van der Waals surface area contributed by atoms with Gasteiger partial charge in [0.05, 0.1) is 10.6 Å². The zero-order valence-corrected chi connectivity index (χ0v) is 14.2. The first kappa shape index (κ1) is 17.8. The third-order valence-electron chi connectivity index (χ3n) is 4.25. The standard InChI is InChI=1S/C19H18ClF3N2/c20-16-9-8-12(11-15(16)19(21,22)23)18-14(6-3-4-10-24)13-5-1-2-7-17(13)25-18/h1-2,5,7-9,11,25H,3-4,6,10,24H2. The molecule has 0 spiro atoms. The normalized spacial score (nSPS) is 12.0. The van der Waals surface area contributed by atoms with Crippen molar-refractivity contribution in [2.45, 2.75) is 25.4 Å². The maximum atomic E-state index is 13.2. The molecule has 25 heavy (non-hydrogen) atoms. The Morgan fingerprint density at radius 2 is 1.80 bits per heavy atom. The molecule has 0 bridgehead atoms. The molecular formula is C19H18ClF3N2. The lowest BCUT2D eigenvalue weighted by molar-refractivity contribution is -0.137. The van der Waals surface area contributed by atoms with E-state index in [1.807, 2.05) is 24.3 Å². The van der Waals surface area contributed by atoms with E-state index in [1.54, 1.807) is 6.07 Å². The molecule has 0 unspecified atom stereocenters. The molecule has 1 heterocycles. The van der Waals surface area contributed by atoms with E-state index in [1.165, 1.54) is 6.07 Å². The van der Waals surface area contributed by atoms with Crippen molar-refractivity contribution in [1.29, 1.82) is 0 Å². The number of hydrogen-bond donors (Lipinski definition) is 2. The Morgan fingerprint density at radius 1 is 1.04 bits per heavy atom. The predicted molar refractivity (Wildman–Crippen MR) is 95.7 cm³/mol. The topological polar surface area (TPSA) is 41.8 Å². The van der Waals surface area contributed by atoms with Gasteiger partial charge in [-0.05, 0) is 55.1 Å². The molecule has 0 aliphatic carbocycles. The third-order valence-corrected chi connectivity index (χ3v) is 4.58. The van der Waals surface area contributed by atoms with E-state index < -0.39 is 11.7 Å². The number of unbranched alkanes of at least 4 members (excludes halogenated alkanes) is 1. The van der Waals surface area contributed by atoms with Gasteiger partial charge in [-0.25, -0.2) is 0 Å². The monoisotopic (exact) mass is 366 g/mol. The summed E-state index contributed by atoms with van der Waals surface area (Å²) in [6.07, 6.45) is -1.99. The minimum atomic E-state index is -4.49. The van der Waals surface area contributed by atoms with Crippen molar-refractivity contribution in [3.05, 3.63) is 58.6 Å². The lowest BCUT2D eigenvalue weighted by Crippen LogP contribution is -2.06. The number of H-pyrrole nitrogens is 1. The number of para-hydroxylation sites is 1. The van der Waals surface area contributed by atoms with Crippen molar-refractivity contribution in [2.75, 3.05) is 6.54 Å². The van der Waals surface area contributed by atoms with Gasteiger partial charge in [0.25, 0.3) is 0 Å². The van der Waals surface area contributed by atoms with Crippen LogP contribution in [-0.2, 0) is 12.6 Å². The van der Waals surface area contributed by atoms with E-state index in [-0.39, 0.29) is 5.02 Å². The van der Waals surface area contributed by atoms with Gasteiger partial charge in [0.15, 0.2) is 0 Å². The zero-order chi connectivity index (χ0) is 18.0. The van der Waals surface area contributed by atoms with Crippen LogP contribution in [0.1, 0.15) is 24.0 Å².